The van der Waals surface area contributed by atoms with Crippen molar-refractivity contribution in [1.82, 2.24) is 19.7 Å². The SMILES string of the molecule is CCCn1c(SCC(=O)C(C)(C)C)nnc1-c1ccncc1. The molecule has 0 aromatic carbocycles. The number of thioether (sulfide) groups is 1. The van der Waals surface area contributed by atoms with Crippen LogP contribution in [0.3, 0.4) is 0 Å². The van der Waals surface area contributed by atoms with Crippen LogP contribution in [0.25, 0.3) is 11.4 Å². The van der Waals surface area contributed by atoms with Gasteiger partial charge in [-0.25, -0.2) is 0 Å². The van der Waals surface area contributed by atoms with Crippen molar-refractivity contribution >= 4 is 17.5 Å². The monoisotopic (exact) mass is 318 g/mol. The highest BCUT2D eigenvalue weighted by Gasteiger charge is 2.22. The molecule has 2 heterocycles. The van der Waals surface area contributed by atoms with E-state index in [1.807, 2.05) is 32.9 Å². The van der Waals surface area contributed by atoms with Crippen LogP contribution in [-0.4, -0.2) is 31.3 Å². The van der Waals surface area contributed by atoms with Crippen LogP contribution in [0.1, 0.15) is 34.1 Å². The topological polar surface area (TPSA) is 60.7 Å². The molecule has 0 amide bonds. The summed E-state index contributed by atoms with van der Waals surface area (Å²) in [4.78, 5) is 16.1. The maximum Gasteiger partial charge on any atom is 0.191 e. The van der Waals surface area contributed by atoms with Gasteiger partial charge in [0.25, 0.3) is 0 Å². The van der Waals surface area contributed by atoms with Crippen LogP contribution in [-0.2, 0) is 11.3 Å². The molecule has 0 fully saturated rings. The van der Waals surface area contributed by atoms with Crippen LogP contribution in [0.5, 0.6) is 0 Å². The average Bonchev–Trinajstić information content (AvgIpc) is 2.88. The first-order valence-corrected chi connectivity index (χ1v) is 8.41. The molecule has 0 spiro atoms. The van der Waals surface area contributed by atoms with Gasteiger partial charge in [-0.05, 0) is 18.6 Å². The Kier molecular flexibility index (Phi) is 5.34. The quantitative estimate of drug-likeness (QED) is 0.763. The van der Waals surface area contributed by atoms with E-state index in [0.29, 0.717) is 5.75 Å². The smallest absolute Gasteiger partial charge is 0.191 e. The number of carbonyl (C=O) groups is 1. The van der Waals surface area contributed by atoms with Crippen molar-refractivity contribution < 1.29 is 4.79 Å². The zero-order chi connectivity index (χ0) is 16.2. The van der Waals surface area contributed by atoms with Crippen molar-refractivity contribution in [2.24, 2.45) is 5.41 Å². The summed E-state index contributed by atoms with van der Waals surface area (Å²) in [6.45, 7) is 8.76. The Bertz CT molecular complexity index is 631. The summed E-state index contributed by atoms with van der Waals surface area (Å²) in [5, 5.41) is 9.36. The predicted molar refractivity (Wildman–Crippen MR) is 88.7 cm³/mol. The molecule has 0 unspecified atom stereocenters. The lowest BCUT2D eigenvalue weighted by Gasteiger charge is -2.16. The lowest BCUT2D eigenvalue weighted by molar-refractivity contribution is -0.123. The van der Waals surface area contributed by atoms with Gasteiger partial charge < -0.3 is 4.57 Å². The van der Waals surface area contributed by atoms with Gasteiger partial charge in [-0.3, -0.25) is 9.78 Å². The molecule has 118 valence electrons. The number of nitrogens with zero attached hydrogens (tertiary/aromatic N) is 4. The molecule has 0 radical (unpaired) electrons. The number of rotatable bonds is 6. The molecule has 0 aliphatic heterocycles. The summed E-state index contributed by atoms with van der Waals surface area (Å²) in [7, 11) is 0. The fourth-order valence-electron chi connectivity index (χ4n) is 1.88. The minimum atomic E-state index is -0.323. The molecular weight excluding hydrogens is 296 g/mol. The van der Waals surface area contributed by atoms with E-state index in [1.54, 1.807) is 12.4 Å². The average molecular weight is 318 g/mol. The highest BCUT2D eigenvalue weighted by atomic mass is 32.2. The Morgan fingerprint density at radius 1 is 1.23 bits per heavy atom. The second-order valence-corrected chi connectivity index (χ2v) is 7.10. The predicted octanol–water partition coefficient (Wildman–Crippen LogP) is 3.46. The summed E-state index contributed by atoms with van der Waals surface area (Å²) in [5.41, 5.74) is 0.668. The van der Waals surface area contributed by atoms with Crippen molar-refractivity contribution in [2.75, 3.05) is 5.75 Å². The first kappa shape index (κ1) is 16.7. The molecule has 22 heavy (non-hydrogen) atoms. The number of carbonyl (C=O) groups excluding carboxylic acids is 1. The Morgan fingerprint density at radius 3 is 2.50 bits per heavy atom. The number of hydrogen-bond donors (Lipinski definition) is 0. The molecule has 0 saturated heterocycles. The lowest BCUT2D eigenvalue weighted by Crippen LogP contribution is -2.22. The molecule has 0 atom stereocenters. The highest BCUT2D eigenvalue weighted by Crippen LogP contribution is 2.26. The van der Waals surface area contributed by atoms with E-state index in [9.17, 15) is 4.79 Å². The fraction of sp³-hybridized carbons (Fsp3) is 0.500. The second kappa shape index (κ2) is 7.05. The number of pyridine rings is 1. The Morgan fingerprint density at radius 2 is 1.91 bits per heavy atom. The van der Waals surface area contributed by atoms with E-state index in [1.165, 1.54) is 11.8 Å². The molecule has 0 bridgehead atoms. The van der Waals surface area contributed by atoms with Gasteiger partial charge in [-0.2, -0.15) is 0 Å². The van der Waals surface area contributed by atoms with Crippen LogP contribution < -0.4 is 0 Å². The lowest BCUT2D eigenvalue weighted by atomic mass is 9.92. The molecule has 0 aliphatic rings. The van der Waals surface area contributed by atoms with E-state index in [-0.39, 0.29) is 11.2 Å². The summed E-state index contributed by atoms with van der Waals surface area (Å²) in [5.74, 6) is 1.46. The third kappa shape index (κ3) is 3.94. The molecule has 0 aliphatic carbocycles. The number of aromatic nitrogens is 4. The van der Waals surface area contributed by atoms with E-state index >= 15 is 0 Å². The zero-order valence-corrected chi connectivity index (χ0v) is 14.4. The number of Topliss-reactive ketones (excluding diaryl/α,β-unsaturated/α-hetero) is 1. The van der Waals surface area contributed by atoms with E-state index in [4.69, 9.17) is 0 Å². The van der Waals surface area contributed by atoms with Crippen molar-refractivity contribution in [3.05, 3.63) is 24.5 Å². The van der Waals surface area contributed by atoms with Crippen LogP contribution in [0, 0.1) is 5.41 Å². The number of ketones is 1. The molecule has 5 nitrogen and oxygen atoms in total. The van der Waals surface area contributed by atoms with Gasteiger partial charge in [-0.1, -0.05) is 39.5 Å². The van der Waals surface area contributed by atoms with Gasteiger partial charge in [0.1, 0.15) is 5.78 Å². The maximum atomic E-state index is 12.1. The van der Waals surface area contributed by atoms with Crippen molar-refractivity contribution in [1.29, 1.82) is 0 Å². The molecule has 6 heteroatoms. The molecule has 2 rings (SSSR count). The Balaban J connectivity index is 2.22. The first-order valence-electron chi connectivity index (χ1n) is 7.43. The van der Waals surface area contributed by atoms with Gasteiger partial charge in [-0.15, -0.1) is 10.2 Å². The van der Waals surface area contributed by atoms with E-state index < -0.39 is 0 Å². The number of hydrogen-bond acceptors (Lipinski definition) is 5. The van der Waals surface area contributed by atoms with Crippen LogP contribution >= 0.6 is 11.8 Å². The summed E-state index contributed by atoms with van der Waals surface area (Å²) in [6.07, 6.45) is 4.48. The molecule has 2 aromatic heterocycles. The Hall–Kier alpha value is -1.69. The van der Waals surface area contributed by atoms with Crippen LogP contribution in [0.4, 0.5) is 0 Å². The minimum absolute atomic E-state index is 0.217. The van der Waals surface area contributed by atoms with Gasteiger partial charge in [0.15, 0.2) is 11.0 Å². The van der Waals surface area contributed by atoms with Crippen LogP contribution in [0.2, 0.25) is 0 Å². The molecule has 2 aromatic rings. The van der Waals surface area contributed by atoms with Crippen LogP contribution in [0.15, 0.2) is 29.7 Å². The molecular formula is C16H22N4OS. The first-order chi connectivity index (χ1) is 10.4. The second-order valence-electron chi connectivity index (χ2n) is 6.16. The van der Waals surface area contributed by atoms with Gasteiger partial charge in [0.2, 0.25) is 0 Å². The molecule has 0 saturated carbocycles. The normalized spacial score (nSPS) is 11.6. The maximum absolute atomic E-state index is 12.1. The zero-order valence-electron chi connectivity index (χ0n) is 13.5. The highest BCUT2D eigenvalue weighted by molar-refractivity contribution is 7.99. The van der Waals surface area contributed by atoms with Crippen molar-refractivity contribution in [3.63, 3.8) is 0 Å². The fourth-order valence-corrected chi connectivity index (χ4v) is 3.01. The van der Waals surface area contributed by atoms with Gasteiger partial charge >= 0.3 is 0 Å². The summed E-state index contributed by atoms with van der Waals surface area (Å²) >= 11 is 1.46. The summed E-state index contributed by atoms with van der Waals surface area (Å²) in [6, 6.07) is 3.84. The van der Waals surface area contributed by atoms with E-state index in [0.717, 1.165) is 29.5 Å². The van der Waals surface area contributed by atoms with E-state index in [2.05, 4.69) is 26.7 Å². The van der Waals surface area contributed by atoms with Crippen molar-refractivity contribution in [3.8, 4) is 11.4 Å². The van der Waals surface area contributed by atoms with Gasteiger partial charge in [0, 0.05) is 29.9 Å². The van der Waals surface area contributed by atoms with Gasteiger partial charge in [0.05, 0.1) is 5.75 Å². The third-order valence-electron chi connectivity index (χ3n) is 3.27. The minimum Gasteiger partial charge on any atom is -0.302 e. The third-order valence-corrected chi connectivity index (χ3v) is 4.24. The molecule has 0 N–H and O–H groups in total. The Labute approximate surface area is 135 Å². The summed E-state index contributed by atoms with van der Waals surface area (Å²) < 4.78 is 2.08. The largest absolute Gasteiger partial charge is 0.302 e. The standard InChI is InChI=1S/C16H22N4OS/c1-5-10-20-14(12-6-8-17-9-7-12)18-19-15(20)22-11-13(21)16(2,3)4/h6-9H,5,10-11H2,1-4H3. The van der Waals surface area contributed by atoms with Crippen molar-refractivity contribution in [2.45, 2.75) is 45.8 Å².